The predicted molar refractivity (Wildman–Crippen MR) is 364 cm³/mol. The van der Waals surface area contributed by atoms with Gasteiger partial charge in [-0.15, -0.1) is 0 Å². The van der Waals surface area contributed by atoms with Crippen LogP contribution in [0.2, 0.25) is 0 Å². The maximum absolute atomic E-state index is 11.6. The minimum atomic E-state index is -0.476. The first-order valence-corrected chi connectivity index (χ1v) is 33.0. The van der Waals surface area contributed by atoms with Crippen molar-refractivity contribution in [2.24, 2.45) is 17.8 Å². The molecular weight excluding hydrogens is 1350 g/mol. The van der Waals surface area contributed by atoms with Crippen LogP contribution >= 0.6 is 54.5 Å². The van der Waals surface area contributed by atoms with Crippen molar-refractivity contribution < 1.29 is 65.8 Å². The molecule has 0 N–H and O–H groups in total. The second-order valence-electron chi connectivity index (χ2n) is 27.2. The number of halogens is 3. The first kappa shape index (κ1) is 73.0. The van der Waals surface area contributed by atoms with Crippen molar-refractivity contribution in [3.8, 4) is 0 Å². The van der Waals surface area contributed by atoms with Gasteiger partial charge in [-0.05, 0) is 261 Å². The standard InChI is InChI=1S/C20H27BO4.C14H23BO4.C14H15BrO2.C12H24B2O4.C6H4BrI/c1-19(2)20(3,4)25-21(24-19)17-12-10-15(11-13-17)14-6-8-16(9-7-14)18(22)23-5;1-13(2)14(3,4)19-15(18-13)11-8-6-10(7-9-11)12(16)17-5;1-17-14(16)12-4-2-10(3-5-12)11-6-8-13(15)9-7-11;1-9(2)10(3,4)16-13(15-9)14-17-11(5,6)12(7,8)18-14;7-5-1-3-6(8)4-2-5/h6,10-13,16H,7-9H2,1-5H3;8,10H,6-7,9H2,1-5H3;2,6-9,12H,3-5H2,1H3;1-8H3;1-4H. The lowest BCUT2D eigenvalue weighted by atomic mass is 9.49. The Morgan fingerprint density at radius 3 is 0.989 bits per heavy atom. The number of methoxy groups -OCH3 is 3. The second kappa shape index (κ2) is 29.7. The molecule has 87 heavy (non-hydrogen) atoms. The molecule has 4 aliphatic heterocycles. The van der Waals surface area contributed by atoms with Crippen LogP contribution in [0.15, 0.2) is 105 Å². The van der Waals surface area contributed by atoms with Crippen LogP contribution in [-0.2, 0) is 65.8 Å². The number of carbonyl (C=O) groups excluding carboxylic acids is 3. The first-order valence-electron chi connectivity index (χ1n) is 30.4. The van der Waals surface area contributed by atoms with E-state index in [1.54, 1.807) is 0 Å². The third-order valence-corrected chi connectivity index (χ3v) is 20.8. The van der Waals surface area contributed by atoms with Crippen LogP contribution < -0.4 is 5.46 Å². The van der Waals surface area contributed by atoms with Crippen LogP contribution in [0.3, 0.4) is 0 Å². The largest absolute Gasteiger partial charge is 0.494 e. The minimum absolute atomic E-state index is 0.00206. The number of rotatable bonds is 8. The van der Waals surface area contributed by atoms with E-state index in [1.165, 1.54) is 47.2 Å². The molecule has 4 saturated heterocycles. The minimum Gasteiger partial charge on any atom is -0.469 e. The number of allylic oxidation sites excluding steroid dienone is 6. The molecule has 0 spiro atoms. The molecule has 7 aliphatic rings. The van der Waals surface area contributed by atoms with Crippen molar-refractivity contribution in [2.45, 2.75) is 213 Å². The van der Waals surface area contributed by atoms with Gasteiger partial charge in [0.15, 0.2) is 0 Å². The third-order valence-electron chi connectivity index (χ3n) is 19.0. The summed E-state index contributed by atoms with van der Waals surface area (Å²) in [7, 11) is 2.79. The Balaban J connectivity index is 0.000000179. The van der Waals surface area contributed by atoms with Gasteiger partial charge in [-0.1, -0.05) is 86.5 Å². The smallest absolute Gasteiger partial charge is 0.469 e. The molecule has 10 rings (SSSR count). The molecule has 14 nitrogen and oxygen atoms in total. The van der Waals surface area contributed by atoms with Crippen molar-refractivity contribution in [1.29, 1.82) is 0 Å². The number of carbonyl (C=O) groups is 3. The van der Waals surface area contributed by atoms with Crippen molar-refractivity contribution >= 4 is 117 Å². The maximum atomic E-state index is 11.6. The van der Waals surface area contributed by atoms with Gasteiger partial charge in [-0.2, -0.15) is 0 Å². The number of esters is 3. The highest BCUT2D eigenvalue weighted by Gasteiger charge is 2.64. The normalized spacial score (nSPS) is 24.8. The molecule has 21 heteroatoms. The number of hydrogen-bond acceptors (Lipinski definition) is 14. The van der Waals surface area contributed by atoms with Crippen LogP contribution in [0.25, 0.3) is 11.1 Å². The lowest BCUT2D eigenvalue weighted by molar-refractivity contribution is -0.146. The van der Waals surface area contributed by atoms with E-state index in [0.717, 1.165) is 71.2 Å². The Morgan fingerprint density at radius 1 is 0.414 bits per heavy atom. The molecule has 4 fully saturated rings. The summed E-state index contributed by atoms with van der Waals surface area (Å²) < 4.78 is 66.0. The quantitative estimate of drug-likeness (QED) is 0.0910. The average Bonchev–Trinajstić information content (AvgIpc) is 1.79. The van der Waals surface area contributed by atoms with Gasteiger partial charge in [0.2, 0.25) is 0 Å². The molecule has 3 unspecified atom stereocenters. The fraction of sp³-hybridized carbons (Fsp3) is 0.591. The van der Waals surface area contributed by atoms with E-state index in [-0.39, 0.29) is 94.7 Å². The van der Waals surface area contributed by atoms with Crippen LogP contribution in [0.1, 0.15) is 180 Å². The molecule has 4 heterocycles. The summed E-state index contributed by atoms with van der Waals surface area (Å²) in [6, 6.07) is 24.9. The van der Waals surface area contributed by atoms with E-state index in [4.69, 9.17) is 51.4 Å². The first-order chi connectivity index (χ1) is 40.4. The third kappa shape index (κ3) is 18.6. The van der Waals surface area contributed by atoms with Crippen molar-refractivity contribution in [2.75, 3.05) is 21.3 Å². The Kier molecular flexibility index (Phi) is 24.9. The van der Waals surface area contributed by atoms with E-state index in [0.29, 0.717) is 6.42 Å². The lowest BCUT2D eigenvalue weighted by Crippen LogP contribution is -2.41. The van der Waals surface area contributed by atoms with E-state index < -0.39 is 14.0 Å². The van der Waals surface area contributed by atoms with Gasteiger partial charge in [0.1, 0.15) is 0 Å². The summed E-state index contributed by atoms with van der Waals surface area (Å²) in [6.45, 7) is 32.7. The van der Waals surface area contributed by atoms with Gasteiger partial charge in [-0.25, -0.2) is 0 Å². The van der Waals surface area contributed by atoms with Crippen molar-refractivity contribution in [3.05, 3.63) is 120 Å². The summed E-state index contributed by atoms with van der Waals surface area (Å²) in [5.74, 6) is -0.292. The summed E-state index contributed by atoms with van der Waals surface area (Å²) >= 11 is 9.04. The van der Waals surface area contributed by atoms with E-state index in [1.807, 2.05) is 107 Å². The van der Waals surface area contributed by atoms with Crippen molar-refractivity contribution in [1.82, 2.24) is 0 Å². The molecule has 0 bridgehead atoms. The van der Waals surface area contributed by atoms with E-state index >= 15 is 0 Å². The monoisotopic (exact) mass is 1440 g/mol. The van der Waals surface area contributed by atoms with Crippen LogP contribution in [0.4, 0.5) is 0 Å². The van der Waals surface area contributed by atoms with E-state index in [2.05, 4.69) is 149 Å². The average molecular weight is 1440 g/mol. The molecule has 3 aliphatic carbocycles. The van der Waals surface area contributed by atoms with Gasteiger partial charge in [-0.3, -0.25) is 14.4 Å². The summed E-state index contributed by atoms with van der Waals surface area (Å²) in [6.07, 6.45) is 13.9. The maximum Gasteiger partial charge on any atom is 0.494 e. The van der Waals surface area contributed by atoms with Gasteiger partial charge < -0.3 is 51.4 Å². The summed E-state index contributed by atoms with van der Waals surface area (Å²) in [5.41, 5.74) is 4.54. The molecule has 474 valence electrons. The lowest BCUT2D eigenvalue weighted by Gasteiger charge is -2.32. The topological polar surface area (TPSA) is 153 Å². The van der Waals surface area contributed by atoms with E-state index in [9.17, 15) is 14.4 Å². The van der Waals surface area contributed by atoms with Gasteiger partial charge >= 0.3 is 46.2 Å². The molecular formula is C66H93B4Br2IO14. The highest BCUT2D eigenvalue weighted by Crippen LogP contribution is 2.44. The van der Waals surface area contributed by atoms with Gasteiger partial charge in [0, 0.05) is 12.5 Å². The SMILES string of the molecule is Brc1ccc(I)cc1.CC1(C)OB(B2OC(C)(C)C(C)(C)O2)OC1(C)C.COC(=O)C1CC=C(B2OC(C)(C)C(C)(C)O2)CC1.COC(=O)C1CC=C(c2ccc(B3OC(C)(C)C(C)(C)O3)cc2)CC1.COC(=O)C1CC=C(c2ccc(Br)cc2)CC1. The number of hydrogen-bond donors (Lipinski definition) is 0. The molecule has 0 saturated carbocycles. The van der Waals surface area contributed by atoms with Gasteiger partial charge in [0.05, 0.1) is 83.9 Å². The highest BCUT2D eigenvalue weighted by atomic mass is 127. The fourth-order valence-electron chi connectivity index (χ4n) is 10.3. The second-order valence-corrected chi connectivity index (χ2v) is 30.3. The highest BCUT2D eigenvalue weighted by molar-refractivity contribution is 14.1. The fourth-order valence-corrected chi connectivity index (χ4v) is 11.2. The van der Waals surface area contributed by atoms with Crippen LogP contribution in [0.5, 0.6) is 0 Å². The Bertz CT molecular complexity index is 2810. The molecule has 3 aromatic rings. The Morgan fingerprint density at radius 2 is 0.701 bits per heavy atom. The zero-order chi connectivity index (χ0) is 64.7. The summed E-state index contributed by atoms with van der Waals surface area (Å²) in [4.78, 5) is 34.5. The zero-order valence-corrected chi connectivity index (χ0v) is 60.2. The Hall–Kier alpha value is -3.08. The predicted octanol–water partition coefficient (Wildman–Crippen LogP) is 15.0. The summed E-state index contributed by atoms with van der Waals surface area (Å²) in [5, 5.41) is 0. The number of ether oxygens (including phenoxy) is 3. The molecule has 3 atom stereocenters. The number of benzene rings is 3. The molecule has 3 aromatic carbocycles. The van der Waals surface area contributed by atoms with Gasteiger partial charge in [0.25, 0.3) is 0 Å². The Labute approximate surface area is 551 Å². The molecule has 0 aromatic heterocycles. The van der Waals surface area contributed by atoms with Crippen molar-refractivity contribution in [3.63, 3.8) is 0 Å². The molecule has 0 radical (unpaired) electrons. The molecule has 0 amide bonds. The van der Waals surface area contributed by atoms with Crippen LogP contribution in [0, 0.1) is 21.3 Å². The van der Waals surface area contributed by atoms with Crippen LogP contribution in [-0.4, -0.2) is 112 Å². The zero-order valence-electron chi connectivity index (χ0n) is 54.9.